The summed E-state index contributed by atoms with van der Waals surface area (Å²) in [6, 6.07) is 7.27. The van der Waals surface area contributed by atoms with Gasteiger partial charge in [-0.05, 0) is 70.0 Å². The number of carbonyl (C=O) groups excluding carboxylic acids is 2. The zero-order chi connectivity index (χ0) is 24.4. The summed E-state index contributed by atoms with van der Waals surface area (Å²) >= 11 is 5.70. The maximum Gasteiger partial charge on any atom is 0.339 e. The summed E-state index contributed by atoms with van der Waals surface area (Å²) in [7, 11) is 0. The first kappa shape index (κ1) is 25.7. The summed E-state index contributed by atoms with van der Waals surface area (Å²) in [6.45, 7) is 9.86. The van der Waals surface area contributed by atoms with Crippen molar-refractivity contribution in [1.82, 2.24) is 15.0 Å². The van der Waals surface area contributed by atoms with E-state index in [0.717, 1.165) is 22.5 Å². The van der Waals surface area contributed by atoms with Gasteiger partial charge in [0.2, 0.25) is 0 Å². The van der Waals surface area contributed by atoms with Gasteiger partial charge in [0, 0.05) is 18.1 Å². The summed E-state index contributed by atoms with van der Waals surface area (Å²) in [4.78, 5) is 35.1. The lowest BCUT2D eigenvalue weighted by atomic mass is 10.2. The molecule has 0 radical (unpaired) electrons. The Morgan fingerprint density at radius 2 is 1.42 bits per heavy atom. The third-order valence-corrected chi connectivity index (χ3v) is 4.68. The normalized spacial score (nSPS) is 10.0. The van der Waals surface area contributed by atoms with Gasteiger partial charge >= 0.3 is 11.9 Å². The van der Waals surface area contributed by atoms with E-state index in [0.29, 0.717) is 35.3 Å². The Morgan fingerprint density at radius 3 is 1.91 bits per heavy atom. The fraction of sp³-hybridized carbons (Fsp3) is 0.292. The van der Waals surface area contributed by atoms with Crippen molar-refractivity contribution in [3.05, 3.63) is 76.0 Å². The topological polar surface area (TPSA) is 103 Å². The number of nitrogens with zero attached hydrogens (tertiary/aromatic N) is 3. The van der Waals surface area contributed by atoms with Crippen molar-refractivity contribution in [3.8, 4) is 0 Å². The Hall–Kier alpha value is -3.52. The number of pyridine rings is 3. The van der Waals surface area contributed by atoms with Crippen LogP contribution in [0.2, 0.25) is 5.15 Å². The van der Waals surface area contributed by atoms with Crippen molar-refractivity contribution in [1.29, 1.82) is 0 Å². The SMILES string of the molecule is CCOC(=O)c1cnc(Cl)c(C)c1.CCOC(=O)c1cnc(Nc2ccc(C)nc2)c(C)c1. The van der Waals surface area contributed by atoms with E-state index in [1.165, 1.54) is 12.4 Å². The molecule has 0 aliphatic carbocycles. The van der Waals surface area contributed by atoms with Gasteiger partial charge in [0.25, 0.3) is 0 Å². The van der Waals surface area contributed by atoms with Crippen LogP contribution in [0.3, 0.4) is 0 Å². The van der Waals surface area contributed by atoms with Crippen LogP contribution in [0.15, 0.2) is 42.9 Å². The lowest BCUT2D eigenvalue weighted by Crippen LogP contribution is -2.07. The molecule has 0 aromatic carbocycles. The summed E-state index contributed by atoms with van der Waals surface area (Å²) in [5.41, 5.74) is 4.34. The van der Waals surface area contributed by atoms with Gasteiger partial charge in [-0.25, -0.2) is 19.6 Å². The number of hydrogen-bond donors (Lipinski definition) is 1. The lowest BCUT2D eigenvalue weighted by Gasteiger charge is -2.09. The largest absolute Gasteiger partial charge is 0.462 e. The maximum atomic E-state index is 11.6. The lowest BCUT2D eigenvalue weighted by molar-refractivity contribution is 0.0516. The molecule has 1 N–H and O–H groups in total. The molecule has 3 rings (SSSR count). The molecule has 3 aromatic rings. The quantitative estimate of drug-likeness (QED) is 0.385. The second-order valence-corrected chi connectivity index (χ2v) is 7.33. The molecular formula is C24H27ClN4O4. The van der Waals surface area contributed by atoms with E-state index in [-0.39, 0.29) is 11.9 Å². The number of anilines is 2. The first-order valence-electron chi connectivity index (χ1n) is 10.4. The molecule has 3 heterocycles. The van der Waals surface area contributed by atoms with Crippen LogP contribution >= 0.6 is 11.6 Å². The minimum absolute atomic E-state index is 0.354. The van der Waals surface area contributed by atoms with Gasteiger partial charge in [0.1, 0.15) is 11.0 Å². The Bertz CT molecular complexity index is 1100. The number of esters is 2. The molecule has 9 heteroatoms. The van der Waals surface area contributed by atoms with E-state index >= 15 is 0 Å². The highest BCUT2D eigenvalue weighted by atomic mass is 35.5. The van der Waals surface area contributed by atoms with Gasteiger partial charge in [-0.3, -0.25) is 4.98 Å². The van der Waals surface area contributed by atoms with E-state index in [2.05, 4.69) is 20.3 Å². The molecule has 0 aliphatic heterocycles. The standard InChI is InChI=1S/C15H17N3O2.C9H10ClNO2/c1-4-20-15(19)12-7-10(2)14(17-8-12)18-13-6-5-11(3)16-9-13;1-3-13-9(12)7-4-6(2)8(10)11-5-7/h5-9H,4H2,1-3H3,(H,17,18);4-5H,3H2,1-2H3. The van der Waals surface area contributed by atoms with E-state index in [1.807, 2.05) is 26.0 Å². The number of halogens is 1. The Morgan fingerprint density at radius 1 is 0.848 bits per heavy atom. The van der Waals surface area contributed by atoms with Gasteiger partial charge in [-0.1, -0.05) is 11.6 Å². The number of ether oxygens (including phenoxy) is 2. The van der Waals surface area contributed by atoms with Crippen molar-refractivity contribution >= 4 is 35.0 Å². The van der Waals surface area contributed by atoms with Gasteiger partial charge < -0.3 is 14.8 Å². The smallest absolute Gasteiger partial charge is 0.339 e. The number of hydrogen-bond acceptors (Lipinski definition) is 8. The van der Waals surface area contributed by atoms with Crippen LogP contribution in [0, 0.1) is 20.8 Å². The molecule has 0 atom stereocenters. The molecule has 0 spiro atoms. The highest BCUT2D eigenvalue weighted by Gasteiger charge is 2.10. The molecule has 3 aromatic heterocycles. The first-order chi connectivity index (χ1) is 15.7. The highest BCUT2D eigenvalue weighted by molar-refractivity contribution is 6.30. The number of rotatable bonds is 6. The van der Waals surface area contributed by atoms with E-state index in [4.69, 9.17) is 21.1 Å². The summed E-state index contributed by atoms with van der Waals surface area (Å²) < 4.78 is 9.75. The van der Waals surface area contributed by atoms with Crippen LogP contribution in [-0.2, 0) is 9.47 Å². The van der Waals surface area contributed by atoms with Crippen molar-refractivity contribution in [2.45, 2.75) is 34.6 Å². The second-order valence-electron chi connectivity index (χ2n) is 6.98. The summed E-state index contributed by atoms with van der Waals surface area (Å²) in [5.74, 6) is -0.0230. The van der Waals surface area contributed by atoms with E-state index in [1.54, 1.807) is 39.1 Å². The zero-order valence-electron chi connectivity index (χ0n) is 19.3. The highest BCUT2D eigenvalue weighted by Crippen LogP contribution is 2.19. The van der Waals surface area contributed by atoms with Gasteiger partial charge in [-0.2, -0.15) is 0 Å². The predicted molar refractivity (Wildman–Crippen MR) is 127 cm³/mol. The molecule has 0 saturated heterocycles. The van der Waals surface area contributed by atoms with Crippen LogP contribution in [0.5, 0.6) is 0 Å². The van der Waals surface area contributed by atoms with E-state index in [9.17, 15) is 9.59 Å². The van der Waals surface area contributed by atoms with Crippen molar-refractivity contribution in [2.24, 2.45) is 0 Å². The minimum atomic E-state index is -0.366. The molecule has 0 unspecified atom stereocenters. The fourth-order valence-electron chi connectivity index (χ4n) is 2.59. The van der Waals surface area contributed by atoms with Crippen LogP contribution in [0.1, 0.15) is 51.4 Å². The van der Waals surface area contributed by atoms with Crippen LogP contribution < -0.4 is 5.32 Å². The maximum absolute atomic E-state index is 11.6. The second kappa shape index (κ2) is 12.5. The average Bonchev–Trinajstić information content (AvgIpc) is 2.79. The number of carbonyl (C=O) groups is 2. The molecule has 0 fully saturated rings. The third kappa shape index (κ3) is 7.84. The zero-order valence-corrected chi connectivity index (χ0v) is 20.1. The molecular weight excluding hydrogens is 444 g/mol. The fourth-order valence-corrected chi connectivity index (χ4v) is 2.70. The Balaban J connectivity index is 0.000000257. The number of aromatic nitrogens is 3. The molecule has 0 amide bonds. The number of nitrogens with one attached hydrogen (secondary N) is 1. The molecule has 0 saturated carbocycles. The van der Waals surface area contributed by atoms with Gasteiger partial charge in [-0.15, -0.1) is 0 Å². The van der Waals surface area contributed by atoms with Crippen molar-refractivity contribution in [3.63, 3.8) is 0 Å². The van der Waals surface area contributed by atoms with E-state index < -0.39 is 0 Å². The molecule has 33 heavy (non-hydrogen) atoms. The van der Waals surface area contributed by atoms with Crippen LogP contribution in [0.25, 0.3) is 0 Å². The molecule has 174 valence electrons. The minimum Gasteiger partial charge on any atom is -0.462 e. The molecule has 0 aliphatic rings. The monoisotopic (exact) mass is 470 g/mol. The molecule has 8 nitrogen and oxygen atoms in total. The summed E-state index contributed by atoms with van der Waals surface area (Å²) in [5, 5.41) is 3.58. The van der Waals surface area contributed by atoms with Gasteiger partial charge in [0.15, 0.2) is 0 Å². The Labute approximate surface area is 198 Å². The molecule has 0 bridgehead atoms. The Kier molecular flexibility index (Phi) is 9.75. The third-order valence-electron chi connectivity index (χ3n) is 4.29. The van der Waals surface area contributed by atoms with Crippen LogP contribution in [-0.4, -0.2) is 40.1 Å². The number of aryl methyl sites for hydroxylation is 3. The van der Waals surface area contributed by atoms with Crippen LogP contribution in [0.4, 0.5) is 11.5 Å². The first-order valence-corrected chi connectivity index (χ1v) is 10.8. The van der Waals surface area contributed by atoms with Crippen molar-refractivity contribution < 1.29 is 19.1 Å². The predicted octanol–water partition coefficient (Wildman–Crippen LogP) is 5.23. The summed E-state index contributed by atoms with van der Waals surface area (Å²) in [6.07, 6.45) is 4.66. The van der Waals surface area contributed by atoms with Gasteiger partial charge in [0.05, 0.1) is 36.2 Å². The van der Waals surface area contributed by atoms with Crippen molar-refractivity contribution in [2.75, 3.05) is 18.5 Å². The average molecular weight is 471 g/mol.